The number of H-pyrrole nitrogens is 1. The third-order valence-electron chi connectivity index (χ3n) is 4.01. The average Bonchev–Trinajstić information content (AvgIpc) is 3.04. The predicted octanol–water partition coefficient (Wildman–Crippen LogP) is 1.80. The van der Waals surface area contributed by atoms with E-state index >= 15 is 0 Å². The van der Waals surface area contributed by atoms with Gasteiger partial charge in [0.2, 0.25) is 0 Å². The lowest BCUT2D eigenvalue weighted by Crippen LogP contribution is -2.32. The molecule has 2 aromatic heterocycles. The van der Waals surface area contributed by atoms with Gasteiger partial charge in [0.15, 0.2) is 5.65 Å². The number of nitrogens with one attached hydrogen (secondary N) is 1. The number of aliphatic hydroxyl groups is 1. The van der Waals surface area contributed by atoms with E-state index in [4.69, 9.17) is 0 Å². The molecule has 0 saturated heterocycles. The second-order valence-corrected chi connectivity index (χ2v) is 5.96. The molecular weight excluding hydrogens is 304 g/mol. The third kappa shape index (κ3) is 3.90. The third-order valence-corrected chi connectivity index (χ3v) is 4.01. The highest BCUT2D eigenvalue weighted by molar-refractivity contribution is 5.36. The standard InChI is InChI=1S/C18H22N4O2/c1-2-16(23)13-21(11-14-6-4-3-5-7-14)12-15-10-18(24)22-17(20-15)8-9-19-22/h3-10,16,19,23H,2,11-13H2,1H3. The number of nitrogens with zero attached hydrogens (tertiary/aromatic N) is 3. The smallest absolute Gasteiger partial charge is 0.272 e. The van der Waals surface area contributed by atoms with E-state index in [2.05, 4.69) is 27.1 Å². The Morgan fingerprint density at radius 3 is 2.79 bits per heavy atom. The summed E-state index contributed by atoms with van der Waals surface area (Å²) in [6, 6.07) is 13.4. The number of rotatable bonds is 7. The fraction of sp³-hybridized carbons (Fsp3) is 0.333. The first-order valence-electron chi connectivity index (χ1n) is 8.16. The van der Waals surface area contributed by atoms with E-state index < -0.39 is 6.10 Å². The number of benzene rings is 1. The average molecular weight is 326 g/mol. The van der Waals surface area contributed by atoms with Crippen LogP contribution in [0.5, 0.6) is 0 Å². The lowest BCUT2D eigenvalue weighted by atomic mass is 10.2. The number of hydrogen-bond donors (Lipinski definition) is 2. The highest BCUT2D eigenvalue weighted by Crippen LogP contribution is 2.10. The predicted molar refractivity (Wildman–Crippen MR) is 92.7 cm³/mol. The molecule has 6 nitrogen and oxygen atoms in total. The van der Waals surface area contributed by atoms with Crippen LogP contribution in [-0.4, -0.2) is 37.3 Å². The lowest BCUT2D eigenvalue weighted by Gasteiger charge is -2.24. The minimum absolute atomic E-state index is 0.129. The Hall–Kier alpha value is -2.44. The maximum Gasteiger partial charge on any atom is 0.272 e. The molecule has 6 heteroatoms. The molecule has 0 aliphatic carbocycles. The van der Waals surface area contributed by atoms with Crippen molar-refractivity contribution < 1.29 is 5.11 Å². The van der Waals surface area contributed by atoms with Crippen molar-refractivity contribution in [3.8, 4) is 0 Å². The van der Waals surface area contributed by atoms with Gasteiger partial charge in [-0.05, 0) is 12.0 Å². The molecule has 0 aliphatic rings. The number of aromatic amines is 1. The summed E-state index contributed by atoms with van der Waals surface area (Å²) in [5.74, 6) is 0. The van der Waals surface area contributed by atoms with Crippen LogP contribution < -0.4 is 5.56 Å². The van der Waals surface area contributed by atoms with Crippen molar-refractivity contribution in [1.29, 1.82) is 0 Å². The molecule has 1 atom stereocenters. The van der Waals surface area contributed by atoms with Crippen LogP contribution >= 0.6 is 0 Å². The highest BCUT2D eigenvalue weighted by atomic mass is 16.3. The normalized spacial score (nSPS) is 12.8. The van der Waals surface area contributed by atoms with E-state index in [0.717, 1.165) is 0 Å². The van der Waals surface area contributed by atoms with Crippen molar-refractivity contribution in [1.82, 2.24) is 19.5 Å². The van der Waals surface area contributed by atoms with Crippen molar-refractivity contribution in [3.63, 3.8) is 0 Å². The summed E-state index contributed by atoms with van der Waals surface area (Å²) in [6.07, 6.45) is 1.99. The number of aromatic nitrogens is 3. The lowest BCUT2D eigenvalue weighted by molar-refractivity contribution is 0.101. The van der Waals surface area contributed by atoms with Crippen molar-refractivity contribution >= 4 is 5.65 Å². The van der Waals surface area contributed by atoms with Crippen molar-refractivity contribution in [2.75, 3.05) is 6.54 Å². The van der Waals surface area contributed by atoms with Gasteiger partial charge in [-0.3, -0.25) is 14.8 Å². The van der Waals surface area contributed by atoms with Gasteiger partial charge in [0.25, 0.3) is 5.56 Å². The summed E-state index contributed by atoms with van der Waals surface area (Å²) < 4.78 is 1.41. The first-order valence-corrected chi connectivity index (χ1v) is 8.16. The quantitative estimate of drug-likeness (QED) is 0.694. The van der Waals surface area contributed by atoms with E-state index in [1.54, 1.807) is 18.3 Å². The SMILES string of the molecule is CCC(O)CN(Cc1ccccc1)Cc1cc(=O)n2[nH]ccc2n1. The largest absolute Gasteiger partial charge is 0.392 e. The Morgan fingerprint density at radius 1 is 1.25 bits per heavy atom. The molecule has 3 aromatic rings. The first-order chi connectivity index (χ1) is 11.7. The maximum atomic E-state index is 12.1. The minimum Gasteiger partial charge on any atom is -0.392 e. The van der Waals surface area contributed by atoms with Crippen LogP contribution in [0, 0.1) is 0 Å². The second-order valence-electron chi connectivity index (χ2n) is 5.96. The Morgan fingerprint density at radius 2 is 2.04 bits per heavy atom. The highest BCUT2D eigenvalue weighted by Gasteiger charge is 2.13. The summed E-state index contributed by atoms with van der Waals surface area (Å²) in [7, 11) is 0. The van der Waals surface area contributed by atoms with Crippen LogP contribution in [0.15, 0.2) is 53.5 Å². The number of aliphatic hydroxyl groups excluding tert-OH is 1. The summed E-state index contributed by atoms with van der Waals surface area (Å²) in [6.45, 7) is 3.72. The maximum absolute atomic E-state index is 12.1. The molecule has 0 amide bonds. The second kappa shape index (κ2) is 7.42. The molecule has 0 bridgehead atoms. The minimum atomic E-state index is -0.397. The van der Waals surface area contributed by atoms with Gasteiger partial charge in [0.05, 0.1) is 11.8 Å². The topological polar surface area (TPSA) is 73.6 Å². The summed E-state index contributed by atoms with van der Waals surface area (Å²) >= 11 is 0. The molecular formula is C18H22N4O2. The Bertz CT molecular complexity index is 841. The van der Waals surface area contributed by atoms with E-state index in [-0.39, 0.29) is 5.56 Å². The molecule has 0 spiro atoms. The van der Waals surface area contributed by atoms with Gasteiger partial charge < -0.3 is 5.11 Å². The van der Waals surface area contributed by atoms with E-state index in [0.29, 0.717) is 37.4 Å². The van der Waals surface area contributed by atoms with Gasteiger partial charge in [-0.15, -0.1) is 0 Å². The molecule has 24 heavy (non-hydrogen) atoms. The molecule has 0 fully saturated rings. The summed E-state index contributed by atoms with van der Waals surface area (Å²) in [4.78, 5) is 18.7. The van der Waals surface area contributed by atoms with Crippen molar-refractivity contribution in [3.05, 3.63) is 70.3 Å². The molecule has 2 heterocycles. The first kappa shape index (κ1) is 16.4. The molecule has 0 saturated carbocycles. The van der Waals surface area contributed by atoms with Gasteiger partial charge in [0.1, 0.15) is 0 Å². The molecule has 0 radical (unpaired) electrons. The van der Waals surface area contributed by atoms with E-state index in [1.165, 1.54) is 10.1 Å². The number of fused-ring (bicyclic) bond motifs is 1. The fourth-order valence-corrected chi connectivity index (χ4v) is 2.74. The van der Waals surface area contributed by atoms with Gasteiger partial charge in [-0.2, -0.15) is 0 Å². The molecule has 126 valence electrons. The van der Waals surface area contributed by atoms with Crippen LogP contribution in [0.1, 0.15) is 24.6 Å². The monoisotopic (exact) mass is 326 g/mol. The molecule has 2 N–H and O–H groups in total. The van der Waals surface area contributed by atoms with E-state index in [9.17, 15) is 9.90 Å². The zero-order chi connectivity index (χ0) is 16.9. The van der Waals surface area contributed by atoms with Gasteiger partial charge in [-0.25, -0.2) is 9.50 Å². The van der Waals surface area contributed by atoms with Crippen LogP contribution in [-0.2, 0) is 13.1 Å². The van der Waals surface area contributed by atoms with Crippen LogP contribution in [0.3, 0.4) is 0 Å². The van der Waals surface area contributed by atoms with Gasteiger partial charge in [0, 0.05) is 38.0 Å². The molecule has 0 aliphatic heterocycles. The zero-order valence-electron chi connectivity index (χ0n) is 13.7. The molecule has 1 aromatic carbocycles. The summed E-state index contributed by atoms with van der Waals surface area (Å²) in [5.41, 5.74) is 2.35. The molecule has 1 unspecified atom stereocenters. The number of hydrogen-bond acceptors (Lipinski definition) is 4. The van der Waals surface area contributed by atoms with Crippen molar-refractivity contribution in [2.24, 2.45) is 0 Å². The Labute approximate surface area is 140 Å². The van der Waals surface area contributed by atoms with Gasteiger partial charge in [-0.1, -0.05) is 37.3 Å². The molecule has 3 rings (SSSR count). The summed E-state index contributed by atoms with van der Waals surface area (Å²) in [5, 5.41) is 12.9. The Balaban J connectivity index is 1.82. The Kier molecular flexibility index (Phi) is 5.08. The van der Waals surface area contributed by atoms with Crippen LogP contribution in [0.4, 0.5) is 0 Å². The zero-order valence-corrected chi connectivity index (χ0v) is 13.7. The van der Waals surface area contributed by atoms with Crippen LogP contribution in [0.25, 0.3) is 5.65 Å². The van der Waals surface area contributed by atoms with E-state index in [1.807, 2.05) is 25.1 Å². The fourth-order valence-electron chi connectivity index (χ4n) is 2.74. The van der Waals surface area contributed by atoms with Gasteiger partial charge >= 0.3 is 0 Å². The van der Waals surface area contributed by atoms with Crippen molar-refractivity contribution in [2.45, 2.75) is 32.5 Å². The van der Waals surface area contributed by atoms with Crippen LogP contribution in [0.2, 0.25) is 0 Å².